The first kappa shape index (κ1) is 27.5. The molecule has 2 aliphatic rings. The van der Waals surface area contributed by atoms with E-state index < -0.39 is 6.10 Å². The van der Waals surface area contributed by atoms with E-state index in [0.717, 1.165) is 30.8 Å². The minimum absolute atomic E-state index is 0.0336. The summed E-state index contributed by atoms with van der Waals surface area (Å²) in [4.78, 5) is 40.9. The molecular weight excluding hydrogens is 514 g/mol. The number of carbonyl (C=O) groups is 2. The summed E-state index contributed by atoms with van der Waals surface area (Å²) in [6.45, 7) is 4.94. The fraction of sp³-hybridized carbons (Fsp3) is 0.464. The number of anilines is 1. The van der Waals surface area contributed by atoms with Gasteiger partial charge >= 0.3 is 0 Å². The van der Waals surface area contributed by atoms with Crippen LogP contribution in [0.5, 0.6) is 5.75 Å². The Morgan fingerprint density at radius 1 is 1.23 bits per heavy atom. The van der Waals surface area contributed by atoms with Gasteiger partial charge in [0.2, 0.25) is 5.91 Å². The van der Waals surface area contributed by atoms with Gasteiger partial charge in [-0.25, -0.2) is 15.0 Å². The van der Waals surface area contributed by atoms with Crippen LogP contribution in [-0.4, -0.2) is 87.0 Å². The van der Waals surface area contributed by atoms with Gasteiger partial charge in [0, 0.05) is 58.3 Å². The highest BCUT2D eigenvalue weighted by atomic mass is 16.5. The summed E-state index contributed by atoms with van der Waals surface area (Å²) < 4.78 is 11.2. The fourth-order valence-electron chi connectivity index (χ4n) is 4.95. The topological polar surface area (TPSA) is 146 Å². The van der Waals surface area contributed by atoms with Crippen LogP contribution in [0.15, 0.2) is 41.4 Å². The van der Waals surface area contributed by atoms with Crippen LogP contribution in [0.1, 0.15) is 45.9 Å². The molecule has 1 aromatic carbocycles. The molecule has 0 bridgehead atoms. The maximum Gasteiger partial charge on any atom is 0.270 e. The average Bonchev–Trinajstić information content (AvgIpc) is 3.37. The van der Waals surface area contributed by atoms with E-state index in [0.29, 0.717) is 44.2 Å². The third-order valence-corrected chi connectivity index (χ3v) is 7.36. The van der Waals surface area contributed by atoms with Crippen molar-refractivity contribution in [3.05, 3.63) is 65.3 Å². The molecule has 0 saturated carbocycles. The quantitative estimate of drug-likeness (QED) is 0.340. The number of aliphatic hydroxyl groups is 1. The number of ether oxygens (including phenoxy) is 1. The molecule has 1 fully saturated rings. The maximum atomic E-state index is 12.7. The number of nitrogens with one attached hydrogen (secondary N) is 2. The summed E-state index contributed by atoms with van der Waals surface area (Å²) >= 11 is 0. The van der Waals surface area contributed by atoms with Crippen molar-refractivity contribution in [2.45, 2.75) is 51.5 Å². The Morgan fingerprint density at radius 2 is 2.10 bits per heavy atom. The molecule has 3 aromatic rings. The van der Waals surface area contributed by atoms with Gasteiger partial charge in [-0.05, 0) is 43.0 Å². The van der Waals surface area contributed by atoms with Crippen molar-refractivity contribution >= 4 is 17.6 Å². The standard InChI is InChI=1S/C28H35N7O5/c1-18-25(40-17-32-18)15-39-23-4-3-20-13-35(8-5-19(20)9-23)14-22(36)12-29-28(38)24-11-26(31-16-30-24)33-21-6-7-34(2)27(37)10-21/h3-4,9,11,16-17,21-22,36H,5-8,10,12-15H2,1-2H3,(H,29,38)(H,30,31,33). The van der Waals surface area contributed by atoms with E-state index in [1.165, 1.54) is 23.8 Å². The Labute approximate surface area is 232 Å². The molecule has 212 valence electrons. The zero-order valence-corrected chi connectivity index (χ0v) is 22.8. The molecule has 12 heteroatoms. The third-order valence-electron chi connectivity index (χ3n) is 7.36. The van der Waals surface area contributed by atoms with Crippen molar-refractivity contribution in [2.75, 3.05) is 38.5 Å². The lowest BCUT2D eigenvalue weighted by molar-refractivity contribution is -0.132. The lowest BCUT2D eigenvalue weighted by Crippen LogP contribution is -2.42. The summed E-state index contributed by atoms with van der Waals surface area (Å²) in [5, 5.41) is 16.6. The minimum Gasteiger partial charge on any atom is -0.486 e. The van der Waals surface area contributed by atoms with Crippen LogP contribution in [0.4, 0.5) is 5.82 Å². The Morgan fingerprint density at radius 3 is 2.90 bits per heavy atom. The molecule has 0 radical (unpaired) electrons. The molecule has 2 amide bonds. The number of carbonyl (C=O) groups excluding carboxylic acids is 2. The molecule has 2 atom stereocenters. The molecule has 2 aromatic heterocycles. The van der Waals surface area contributed by atoms with Gasteiger partial charge in [0.25, 0.3) is 5.91 Å². The zero-order valence-electron chi connectivity index (χ0n) is 22.8. The SMILES string of the molecule is Cc1ncoc1COc1ccc2c(c1)CCN(CC(O)CNC(=O)c1cc(NC3CCN(C)C(=O)C3)ncn1)C2. The number of oxazole rings is 1. The number of aliphatic hydroxyl groups excluding tert-OH is 1. The van der Waals surface area contributed by atoms with E-state index in [-0.39, 0.29) is 30.1 Å². The summed E-state index contributed by atoms with van der Waals surface area (Å²) in [7, 11) is 1.79. The van der Waals surface area contributed by atoms with E-state index in [2.05, 4.69) is 42.6 Å². The smallest absolute Gasteiger partial charge is 0.270 e. The lowest BCUT2D eigenvalue weighted by Gasteiger charge is -2.30. The highest BCUT2D eigenvalue weighted by Gasteiger charge is 2.24. The van der Waals surface area contributed by atoms with E-state index in [9.17, 15) is 14.7 Å². The van der Waals surface area contributed by atoms with Gasteiger partial charge in [-0.15, -0.1) is 0 Å². The van der Waals surface area contributed by atoms with Crippen LogP contribution in [-0.2, 0) is 24.4 Å². The number of β-amino-alcohol motifs (C(OH)–C–C–N with tert-alkyl or cyclic N) is 1. The molecule has 1 saturated heterocycles. The predicted molar refractivity (Wildman–Crippen MR) is 146 cm³/mol. The largest absolute Gasteiger partial charge is 0.486 e. The average molecular weight is 550 g/mol. The van der Waals surface area contributed by atoms with Crippen LogP contribution >= 0.6 is 0 Å². The van der Waals surface area contributed by atoms with Gasteiger partial charge in [-0.2, -0.15) is 0 Å². The van der Waals surface area contributed by atoms with Crippen molar-refractivity contribution in [2.24, 2.45) is 0 Å². The number of aromatic nitrogens is 3. The maximum absolute atomic E-state index is 12.7. The van der Waals surface area contributed by atoms with Crippen molar-refractivity contribution in [3.63, 3.8) is 0 Å². The molecule has 2 unspecified atom stereocenters. The summed E-state index contributed by atoms with van der Waals surface area (Å²) in [6, 6.07) is 7.59. The van der Waals surface area contributed by atoms with Gasteiger partial charge in [0.1, 0.15) is 30.2 Å². The van der Waals surface area contributed by atoms with E-state index in [1.807, 2.05) is 13.0 Å². The highest BCUT2D eigenvalue weighted by Crippen LogP contribution is 2.25. The second-order valence-corrected chi connectivity index (χ2v) is 10.4. The fourth-order valence-corrected chi connectivity index (χ4v) is 4.95. The Kier molecular flexibility index (Phi) is 8.56. The molecule has 0 aliphatic carbocycles. The van der Waals surface area contributed by atoms with Crippen LogP contribution in [0.3, 0.4) is 0 Å². The van der Waals surface area contributed by atoms with Gasteiger partial charge in [-0.1, -0.05) is 6.07 Å². The molecule has 3 N–H and O–H groups in total. The number of benzene rings is 1. The molecule has 5 rings (SSSR count). The number of amides is 2. The zero-order chi connectivity index (χ0) is 28.1. The second kappa shape index (κ2) is 12.4. The number of piperidine rings is 1. The predicted octanol–water partition coefficient (Wildman–Crippen LogP) is 1.53. The van der Waals surface area contributed by atoms with Gasteiger partial charge in [0.15, 0.2) is 12.2 Å². The number of fused-ring (bicyclic) bond motifs is 1. The Hall–Kier alpha value is -4.03. The monoisotopic (exact) mass is 549 g/mol. The van der Waals surface area contributed by atoms with Gasteiger partial charge < -0.3 is 29.8 Å². The number of likely N-dealkylation sites (tertiary alicyclic amines) is 1. The first-order chi connectivity index (χ1) is 19.3. The molecule has 40 heavy (non-hydrogen) atoms. The normalized spacial score (nSPS) is 18.2. The van der Waals surface area contributed by atoms with E-state index in [1.54, 1.807) is 18.0 Å². The molecule has 4 heterocycles. The number of hydrogen-bond donors (Lipinski definition) is 3. The van der Waals surface area contributed by atoms with E-state index >= 15 is 0 Å². The highest BCUT2D eigenvalue weighted by molar-refractivity contribution is 5.92. The summed E-state index contributed by atoms with van der Waals surface area (Å²) in [5.74, 6) is 1.69. The Bertz CT molecular complexity index is 1350. The van der Waals surface area contributed by atoms with Gasteiger partial charge in [0.05, 0.1) is 11.8 Å². The van der Waals surface area contributed by atoms with Crippen molar-refractivity contribution < 1.29 is 23.8 Å². The lowest BCUT2D eigenvalue weighted by atomic mass is 9.99. The summed E-state index contributed by atoms with van der Waals surface area (Å²) in [6.07, 6.45) is 4.03. The van der Waals surface area contributed by atoms with Gasteiger partial charge in [-0.3, -0.25) is 14.5 Å². The number of rotatable bonds is 10. The molecular formula is C28H35N7O5. The van der Waals surface area contributed by atoms with Crippen molar-refractivity contribution in [3.8, 4) is 5.75 Å². The molecule has 12 nitrogen and oxygen atoms in total. The number of nitrogens with zero attached hydrogens (tertiary/aromatic N) is 5. The van der Waals surface area contributed by atoms with Crippen LogP contribution in [0, 0.1) is 6.92 Å². The molecule has 2 aliphatic heterocycles. The van der Waals surface area contributed by atoms with Crippen LogP contribution < -0.4 is 15.4 Å². The molecule has 0 spiro atoms. The first-order valence-corrected chi connectivity index (χ1v) is 13.5. The first-order valence-electron chi connectivity index (χ1n) is 13.5. The Balaban J connectivity index is 1.07. The van der Waals surface area contributed by atoms with E-state index in [4.69, 9.17) is 9.15 Å². The second-order valence-electron chi connectivity index (χ2n) is 10.4. The third kappa shape index (κ3) is 6.93. The van der Waals surface area contributed by atoms with Crippen LogP contribution in [0.25, 0.3) is 0 Å². The van der Waals surface area contributed by atoms with Crippen molar-refractivity contribution in [1.29, 1.82) is 0 Å². The number of aryl methyl sites for hydroxylation is 1. The van der Waals surface area contributed by atoms with Crippen molar-refractivity contribution in [1.82, 2.24) is 30.1 Å². The van der Waals surface area contributed by atoms with Crippen LogP contribution in [0.2, 0.25) is 0 Å². The minimum atomic E-state index is -0.733. The summed E-state index contributed by atoms with van der Waals surface area (Å²) in [5.41, 5.74) is 3.44. The number of hydrogen-bond acceptors (Lipinski definition) is 10.